The van der Waals surface area contributed by atoms with E-state index in [0.29, 0.717) is 0 Å². The summed E-state index contributed by atoms with van der Waals surface area (Å²) in [6.07, 6.45) is 1.54. The molecule has 0 atom stereocenters. The van der Waals surface area contributed by atoms with Gasteiger partial charge in [0.25, 0.3) is 0 Å². The summed E-state index contributed by atoms with van der Waals surface area (Å²) in [7, 11) is 0. The highest BCUT2D eigenvalue weighted by Gasteiger charge is 1.98. The molecule has 6 heteroatoms. The van der Waals surface area contributed by atoms with Crippen molar-refractivity contribution >= 4 is 11.9 Å². The number of esters is 2. The molecule has 0 saturated carbocycles. The van der Waals surface area contributed by atoms with Crippen molar-refractivity contribution in [1.82, 2.24) is 0 Å². The zero-order chi connectivity index (χ0) is 9.40. The number of carbonyl (C=O) groups is 2. The van der Waals surface area contributed by atoms with Gasteiger partial charge in [0.05, 0.1) is 0 Å². The minimum atomic E-state index is -0.868. The molecule has 0 aliphatic heterocycles. The highest BCUT2D eigenvalue weighted by Crippen LogP contribution is 1.83. The monoisotopic (exact) mass is 176 g/mol. The summed E-state index contributed by atoms with van der Waals surface area (Å²) < 4.78 is 8.06. The van der Waals surface area contributed by atoms with Crippen LogP contribution in [0.1, 0.15) is 0 Å². The lowest BCUT2D eigenvalue weighted by Crippen LogP contribution is -2.05. The van der Waals surface area contributed by atoms with Crippen molar-refractivity contribution in [2.24, 2.45) is 0 Å². The lowest BCUT2D eigenvalue weighted by atomic mass is 10.5. The molecule has 0 fully saturated rings. The van der Waals surface area contributed by atoms with Crippen LogP contribution in [0.3, 0.4) is 0 Å². The molecule has 0 heterocycles. The van der Waals surface area contributed by atoms with Crippen molar-refractivity contribution in [2.75, 3.05) is 13.6 Å². The first kappa shape index (κ1) is 10.6. The van der Waals surface area contributed by atoms with Gasteiger partial charge in [0.1, 0.15) is 0 Å². The summed E-state index contributed by atoms with van der Waals surface area (Å²) in [5.41, 5.74) is 0. The SMILES string of the molecule is O=C(C=CC(=O)OCO)OCO. The Morgan fingerprint density at radius 3 is 1.58 bits per heavy atom. The molecule has 0 bridgehead atoms. The molecule has 6 nitrogen and oxygen atoms in total. The van der Waals surface area contributed by atoms with Gasteiger partial charge < -0.3 is 19.7 Å². The predicted molar refractivity (Wildman–Crippen MR) is 35.5 cm³/mol. The first-order valence-electron chi connectivity index (χ1n) is 2.94. The van der Waals surface area contributed by atoms with E-state index in [1.165, 1.54) is 0 Å². The molecule has 0 spiro atoms. The van der Waals surface area contributed by atoms with Crippen molar-refractivity contribution in [1.29, 1.82) is 0 Å². The summed E-state index contributed by atoms with van der Waals surface area (Å²) in [5.74, 6) is -1.74. The van der Waals surface area contributed by atoms with E-state index in [9.17, 15) is 9.59 Å². The van der Waals surface area contributed by atoms with Gasteiger partial charge >= 0.3 is 11.9 Å². The molecule has 0 saturated heterocycles. The molecule has 0 amide bonds. The molecule has 68 valence electrons. The van der Waals surface area contributed by atoms with E-state index in [1.807, 2.05) is 0 Å². The normalized spacial score (nSPS) is 9.83. The molecular weight excluding hydrogens is 168 g/mol. The van der Waals surface area contributed by atoms with Crippen LogP contribution in [0.25, 0.3) is 0 Å². The maximum absolute atomic E-state index is 10.4. The summed E-state index contributed by atoms with van der Waals surface area (Å²) in [5, 5.41) is 16.1. The largest absolute Gasteiger partial charge is 0.436 e. The Kier molecular flexibility index (Phi) is 5.58. The van der Waals surface area contributed by atoms with Crippen LogP contribution >= 0.6 is 0 Å². The molecular formula is C6H8O6. The van der Waals surface area contributed by atoms with Crippen molar-refractivity contribution in [3.63, 3.8) is 0 Å². The molecule has 0 rings (SSSR count). The van der Waals surface area contributed by atoms with Crippen molar-refractivity contribution in [3.8, 4) is 0 Å². The van der Waals surface area contributed by atoms with Crippen LogP contribution in [0.5, 0.6) is 0 Å². The van der Waals surface area contributed by atoms with Gasteiger partial charge in [-0.1, -0.05) is 0 Å². The Hall–Kier alpha value is -1.40. The van der Waals surface area contributed by atoms with Gasteiger partial charge in [0, 0.05) is 12.2 Å². The summed E-state index contributed by atoms with van der Waals surface area (Å²) >= 11 is 0. The molecule has 0 aromatic rings. The van der Waals surface area contributed by atoms with Gasteiger partial charge in [-0.25, -0.2) is 9.59 Å². The van der Waals surface area contributed by atoms with E-state index in [2.05, 4.69) is 9.47 Å². The Morgan fingerprint density at radius 1 is 1.00 bits per heavy atom. The highest BCUT2D eigenvalue weighted by molar-refractivity contribution is 5.91. The van der Waals surface area contributed by atoms with E-state index >= 15 is 0 Å². The molecule has 0 aliphatic rings. The molecule has 12 heavy (non-hydrogen) atoms. The topological polar surface area (TPSA) is 93.1 Å². The second-order valence-electron chi connectivity index (χ2n) is 1.52. The van der Waals surface area contributed by atoms with Crippen LogP contribution in [0.2, 0.25) is 0 Å². The zero-order valence-electron chi connectivity index (χ0n) is 6.10. The van der Waals surface area contributed by atoms with E-state index in [1.54, 1.807) is 0 Å². The summed E-state index contributed by atoms with van der Waals surface area (Å²) in [6.45, 7) is -1.50. The number of aliphatic hydroxyl groups excluding tert-OH is 2. The van der Waals surface area contributed by atoms with Gasteiger partial charge in [-0.2, -0.15) is 0 Å². The minimum absolute atomic E-state index is 0.752. The third-order valence-electron chi connectivity index (χ3n) is 0.769. The van der Waals surface area contributed by atoms with Crippen LogP contribution in [-0.4, -0.2) is 35.7 Å². The van der Waals surface area contributed by atoms with Gasteiger partial charge in [0.15, 0.2) is 13.6 Å². The van der Waals surface area contributed by atoms with E-state index in [4.69, 9.17) is 10.2 Å². The first-order valence-corrected chi connectivity index (χ1v) is 2.94. The van der Waals surface area contributed by atoms with Gasteiger partial charge in [-0.05, 0) is 0 Å². The average molecular weight is 176 g/mol. The van der Waals surface area contributed by atoms with Crippen LogP contribution in [0, 0.1) is 0 Å². The van der Waals surface area contributed by atoms with Crippen LogP contribution in [0.15, 0.2) is 12.2 Å². The fourth-order valence-corrected chi connectivity index (χ4v) is 0.360. The fraction of sp³-hybridized carbons (Fsp3) is 0.333. The third kappa shape index (κ3) is 5.39. The van der Waals surface area contributed by atoms with E-state index in [-0.39, 0.29) is 0 Å². The zero-order valence-corrected chi connectivity index (χ0v) is 6.10. The lowest BCUT2D eigenvalue weighted by molar-refractivity contribution is -0.148. The average Bonchev–Trinajstić information content (AvgIpc) is 2.02. The standard InChI is InChI=1S/C6H8O6/c7-3-11-5(9)1-2-6(10)12-4-8/h1-2,7-8H,3-4H2. The highest BCUT2D eigenvalue weighted by atomic mass is 16.6. The number of carbonyl (C=O) groups excluding carboxylic acids is 2. The molecule has 0 radical (unpaired) electrons. The van der Waals surface area contributed by atoms with Crippen molar-refractivity contribution in [2.45, 2.75) is 0 Å². The van der Waals surface area contributed by atoms with Gasteiger partial charge in [0.2, 0.25) is 0 Å². The fourth-order valence-electron chi connectivity index (χ4n) is 0.360. The third-order valence-corrected chi connectivity index (χ3v) is 0.769. The molecule has 2 N–H and O–H groups in total. The Labute approximate surface area is 68.0 Å². The number of ether oxygens (including phenoxy) is 2. The second kappa shape index (κ2) is 6.32. The number of hydrogen-bond donors (Lipinski definition) is 2. The second-order valence-corrected chi connectivity index (χ2v) is 1.52. The quantitative estimate of drug-likeness (QED) is 0.308. The van der Waals surface area contributed by atoms with Crippen molar-refractivity contribution in [3.05, 3.63) is 12.2 Å². The minimum Gasteiger partial charge on any atom is -0.436 e. The number of hydrogen-bond acceptors (Lipinski definition) is 6. The number of rotatable bonds is 4. The Bertz CT molecular complexity index is 164. The summed E-state index contributed by atoms with van der Waals surface area (Å²) in [4.78, 5) is 20.8. The van der Waals surface area contributed by atoms with Crippen LogP contribution in [-0.2, 0) is 19.1 Å². The summed E-state index contributed by atoms with van der Waals surface area (Å²) in [6, 6.07) is 0. The van der Waals surface area contributed by atoms with Crippen LogP contribution in [0.4, 0.5) is 0 Å². The van der Waals surface area contributed by atoms with Gasteiger partial charge in [-0.3, -0.25) is 0 Å². The maximum Gasteiger partial charge on any atom is 0.333 e. The smallest absolute Gasteiger partial charge is 0.333 e. The number of aliphatic hydroxyl groups is 2. The molecule has 0 aromatic carbocycles. The lowest BCUT2D eigenvalue weighted by Gasteiger charge is -1.94. The Morgan fingerprint density at radius 2 is 1.33 bits per heavy atom. The first-order chi connectivity index (χ1) is 5.70. The molecule has 0 aliphatic carbocycles. The Balaban J connectivity index is 3.73. The predicted octanol–water partition coefficient (Wildman–Crippen LogP) is -1.47. The molecule has 0 aromatic heterocycles. The van der Waals surface area contributed by atoms with E-state index in [0.717, 1.165) is 12.2 Å². The van der Waals surface area contributed by atoms with Gasteiger partial charge in [-0.15, -0.1) is 0 Å². The van der Waals surface area contributed by atoms with Crippen molar-refractivity contribution < 1.29 is 29.3 Å². The maximum atomic E-state index is 10.4. The molecule has 0 unspecified atom stereocenters. The van der Waals surface area contributed by atoms with E-state index < -0.39 is 25.5 Å². The van der Waals surface area contributed by atoms with Crippen LogP contribution < -0.4 is 0 Å².